The summed E-state index contributed by atoms with van der Waals surface area (Å²) in [6.45, 7) is 0. The van der Waals surface area contributed by atoms with Gasteiger partial charge in [0.05, 0.1) is 15.1 Å². The number of rotatable bonds is 4. The lowest BCUT2D eigenvalue weighted by atomic mass is 9.65. The van der Waals surface area contributed by atoms with Gasteiger partial charge in [-0.3, -0.25) is 4.79 Å². The van der Waals surface area contributed by atoms with Gasteiger partial charge in [0.25, 0.3) is 0 Å². The molecule has 1 atom stereocenters. The highest BCUT2D eigenvalue weighted by atomic mass is 32.2. The molecule has 38 heavy (non-hydrogen) atoms. The lowest BCUT2D eigenvalue weighted by molar-refractivity contribution is -0.123. The van der Waals surface area contributed by atoms with Crippen molar-refractivity contribution < 1.29 is 9.00 Å². The first-order valence-corrected chi connectivity index (χ1v) is 14.4. The molecule has 2 aromatic carbocycles. The molecule has 0 bridgehead atoms. The van der Waals surface area contributed by atoms with E-state index in [-0.39, 0.29) is 16.6 Å². The number of anilines is 3. The number of nitrogens with one attached hydrogen (secondary N) is 3. The molecule has 2 saturated carbocycles. The van der Waals surface area contributed by atoms with Crippen molar-refractivity contribution >= 4 is 43.6 Å². The topological polar surface area (TPSA) is 108 Å². The van der Waals surface area contributed by atoms with Gasteiger partial charge in [-0.15, -0.1) is 0 Å². The van der Waals surface area contributed by atoms with Crippen LogP contribution in [0.2, 0.25) is 0 Å². The molecular weight excluding hydrogens is 494 g/mol. The molecule has 0 saturated heterocycles. The molecule has 8 heteroatoms. The molecule has 7 rings (SSSR count). The van der Waals surface area contributed by atoms with Gasteiger partial charge in [-0.2, -0.15) is 0 Å². The van der Waals surface area contributed by atoms with E-state index < -0.39 is 9.73 Å². The molecule has 2 aromatic heterocycles. The van der Waals surface area contributed by atoms with Crippen LogP contribution >= 0.6 is 0 Å². The summed E-state index contributed by atoms with van der Waals surface area (Å²) in [6.07, 6.45) is 8.16. The van der Waals surface area contributed by atoms with Gasteiger partial charge in [-0.25, -0.2) is 19.0 Å². The summed E-state index contributed by atoms with van der Waals surface area (Å²) in [5.74, 6) is 7.17. The van der Waals surface area contributed by atoms with E-state index in [2.05, 4.69) is 32.4 Å². The number of aromatic nitrogens is 2. The minimum absolute atomic E-state index is 0.00885. The van der Waals surface area contributed by atoms with Crippen LogP contribution in [0.4, 0.5) is 17.2 Å². The van der Waals surface area contributed by atoms with Crippen molar-refractivity contribution in [3.05, 3.63) is 83.8 Å². The SMILES string of the molecule is N=S(=O)(c1ccc(Nc2cc3c(C#Cc4ccc5c(c4)NC(=O)C54CCC4)nccc3cn2)cc1)C1CC1. The van der Waals surface area contributed by atoms with Crippen LogP contribution in [0.15, 0.2) is 71.9 Å². The number of fused-ring (bicyclic) bond motifs is 3. The molecular formula is C30H25N5O2S. The largest absolute Gasteiger partial charge is 0.340 e. The number of amides is 1. The molecule has 1 aliphatic heterocycles. The first-order valence-electron chi connectivity index (χ1n) is 12.8. The van der Waals surface area contributed by atoms with E-state index in [4.69, 9.17) is 4.78 Å². The molecule has 0 radical (unpaired) electrons. The van der Waals surface area contributed by atoms with Gasteiger partial charge in [0.2, 0.25) is 5.91 Å². The third-order valence-corrected chi connectivity index (χ3v) is 10.3. The Bertz CT molecular complexity index is 1790. The second kappa shape index (κ2) is 8.40. The summed E-state index contributed by atoms with van der Waals surface area (Å²) in [7, 11) is -2.72. The first kappa shape index (κ1) is 22.9. The monoisotopic (exact) mass is 519 g/mol. The fourth-order valence-electron chi connectivity index (χ4n) is 5.38. The highest BCUT2D eigenvalue weighted by Crippen LogP contribution is 2.51. The van der Waals surface area contributed by atoms with Gasteiger partial charge in [0.15, 0.2) is 0 Å². The van der Waals surface area contributed by atoms with Gasteiger partial charge in [0, 0.05) is 50.2 Å². The molecule has 3 heterocycles. The lowest BCUT2D eigenvalue weighted by Crippen LogP contribution is -2.40. The van der Waals surface area contributed by atoms with Crippen molar-refractivity contribution in [1.82, 2.24) is 9.97 Å². The quantitative estimate of drug-likeness (QED) is 0.299. The standard InChI is InChI=1S/C30H25N5O2S/c31-38(37,23-8-9-23)22-6-4-21(5-7-22)34-28-17-24-20(18-33-28)12-15-32-26(24)11-3-19-2-10-25-27(16-19)35-29(36)30(25)13-1-14-30/h2,4-7,10,12,15-18,23,31H,1,8-9,13-14H2,(H,33,34)(H,35,36). The molecule has 1 spiro atoms. The number of pyridine rings is 2. The van der Waals surface area contributed by atoms with Gasteiger partial charge < -0.3 is 10.6 Å². The number of carbonyl (C=O) groups is 1. The molecule has 3 aliphatic rings. The Kier molecular flexibility index (Phi) is 5.07. The summed E-state index contributed by atoms with van der Waals surface area (Å²) >= 11 is 0. The van der Waals surface area contributed by atoms with Crippen LogP contribution in [0.3, 0.4) is 0 Å². The molecule has 7 nitrogen and oxygen atoms in total. The Morgan fingerprint density at radius 1 is 1.03 bits per heavy atom. The predicted molar refractivity (Wildman–Crippen MR) is 148 cm³/mol. The van der Waals surface area contributed by atoms with E-state index in [0.29, 0.717) is 16.4 Å². The number of nitrogens with zero attached hydrogens (tertiary/aromatic N) is 2. The van der Waals surface area contributed by atoms with Crippen LogP contribution in [0, 0.1) is 16.6 Å². The van der Waals surface area contributed by atoms with E-state index in [1.54, 1.807) is 24.5 Å². The molecule has 1 unspecified atom stereocenters. The number of benzene rings is 2. The predicted octanol–water partition coefficient (Wildman–Crippen LogP) is 5.72. The van der Waals surface area contributed by atoms with Crippen molar-refractivity contribution in [3.8, 4) is 11.8 Å². The van der Waals surface area contributed by atoms with Crippen LogP contribution in [0.5, 0.6) is 0 Å². The molecule has 3 N–H and O–H groups in total. The van der Waals surface area contributed by atoms with Gasteiger partial charge >= 0.3 is 0 Å². The first-order chi connectivity index (χ1) is 18.4. The van der Waals surface area contributed by atoms with E-state index in [9.17, 15) is 9.00 Å². The van der Waals surface area contributed by atoms with Crippen molar-refractivity contribution in [1.29, 1.82) is 4.78 Å². The smallest absolute Gasteiger partial charge is 0.235 e. The molecule has 1 amide bonds. The summed E-state index contributed by atoms with van der Waals surface area (Å²) < 4.78 is 20.9. The average Bonchev–Trinajstić information content (AvgIpc) is 3.71. The van der Waals surface area contributed by atoms with Crippen LogP contribution in [0.25, 0.3) is 10.8 Å². The fraction of sp³-hybridized carbons (Fsp3) is 0.233. The van der Waals surface area contributed by atoms with Crippen LogP contribution in [-0.4, -0.2) is 25.3 Å². The van der Waals surface area contributed by atoms with Crippen molar-refractivity contribution in [2.75, 3.05) is 10.6 Å². The van der Waals surface area contributed by atoms with E-state index in [0.717, 1.165) is 65.4 Å². The van der Waals surface area contributed by atoms with Crippen molar-refractivity contribution in [2.24, 2.45) is 0 Å². The fourth-order valence-corrected chi connectivity index (χ4v) is 7.10. The van der Waals surface area contributed by atoms with Crippen LogP contribution < -0.4 is 10.6 Å². The van der Waals surface area contributed by atoms with Crippen molar-refractivity contribution in [2.45, 2.75) is 47.7 Å². The third-order valence-electron chi connectivity index (χ3n) is 7.87. The Morgan fingerprint density at radius 3 is 2.58 bits per heavy atom. The third kappa shape index (κ3) is 3.74. The van der Waals surface area contributed by atoms with Crippen LogP contribution in [0.1, 0.15) is 48.9 Å². The molecule has 2 aliphatic carbocycles. The summed E-state index contributed by atoms with van der Waals surface area (Å²) in [6, 6.07) is 17.0. The van der Waals surface area contributed by atoms with E-state index >= 15 is 0 Å². The number of hydrogen-bond acceptors (Lipinski definition) is 6. The maximum atomic E-state index is 12.7. The minimum Gasteiger partial charge on any atom is -0.340 e. The van der Waals surface area contributed by atoms with E-state index in [1.165, 1.54) is 0 Å². The zero-order valence-electron chi connectivity index (χ0n) is 20.6. The maximum absolute atomic E-state index is 12.7. The van der Waals surface area contributed by atoms with Crippen molar-refractivity contribution in [3.63, 3.8) is 0 Å². The number of hydrogen-bond donors (Lipinski definition) is 3. The van der Waals surface area contributed by atoms with Gasteiger partial charge in [-0.05, 0) is 85.7 Å². The molecule has 2 fully saturated rings. The van der Waals surface area contributed by atoms with Gasteiger partial charge in [0.1, 0.15) is 11.5 Å². The average molecular weight is 520 g/mol. The highest BCUT2D eigenvalue weighted by Gasteiger charge is 2.50. The van der Waals surface area contributed by atoms with Gasteiger partial charge in [-0.1, -0.05) is 18.4 Å². The Labute approximate surface area is 221 Å². The summed E-state index contributed by atoms with van der Waals surface area (Å²) in [5.41, 5.74) is 3.90. The Balaban J connectivity index is 1.15. The van der Waals surface area contributed by atoms with E-state index in [1.807, 2.05) is 42.5 Å². The number of carbonyl (C=O) groups excluding carboxylic acids is 1. The maximum Gasteiger partial charge on any atom is 0.235 e. The second-order valence-electron chi connectivity index (χ2n) is 10.3. The molecule has 4 aromatic rings. The zero-order valence-corrected chi connectivity index (χ0v) is 21.4. The van der Waals surface area contributed by atoms with Crippen LogP contribution in [-0.2, 0) is 19.9 Å². The summed E-state index contributed by atoms with van der Waals surface area (Å²) in [4.78, 5) is 22.1. The molecule has 188 valence electrons. The minimum atomic E-state index is -2.72. The Morgan fingerprint density at radius 2 is 1.84 bits per heavy atom. The summed E-state index contributed by atoms with van der Waals surface area (Å²) in [5, 5.41) is 8.13. The normalized spacial score (nSPS) is 18.6. The lowest BCUT2D eigenvalue weighted by Gasteiger charge is -2.36. The zero-order chi connectivity index (χ0) is 25.9. The Hall–Kier alpha value is -4.22. The second-order valence-corrected chi connectivity index (χ2v) is 12.6. The highest BCUT2D eigenvalue weighted by molar-refractivity contribution is 7.93.